The highest BCUT2D eigenvalue weighted by Gasteiger charge is 2.11. The monoisotopic (exact) mass is 294 g/mol. The molecular weight excluding hydrogens is 276 g/mol. The van der Waals surface area contributed by atoms with Crippen molar-refractivity contribution in [3.05, 3.63) is 65.2 Å². The normalized spacial score (nSPS) is 10.6. The van der Waals surface area contributed by atoms with Crippen LogP contribution in [0.2, 0.25) is 0 Å². The Morgan fingerprint density at radius 1 is 1.05 bits per heavy atom. The predicted octanol–water partition coefficient (Wildman–Crippen LogP) is 4.12. The molecule has 1 heterocycles. The van der Waals surface area contributed by atoms with E-state index in [1.54, 1.807) is 6.07 Å². The van der Waals surface area contributed by atoms with Crippen LogP contribution in [0.5, 0.6) is 5.75 Å². The van der Waals surface area contributed by atoms with Gasteiger partial charge in [0.25, 0.3) is 0 Å². The molecule has 3 rings (SSSR count). The van der Waals surface area contributed by atoms with Crippen molar-refractivity contribution in [1.82, 2.24) is 5.16 Å². The van der Waals surface area contributed by atoms with Gasteiger partial charge in [0.15, 0.2) is 0 Å². The minimum Gasteiger partial charge on any atom is -0.488 e. The molecule has 4 heteroatoms. The van der Waals surface area contributed by atoms with Crippen LogP contribution in [-0.2, 0) is 6.61 Å². The van der Waals surface area contributed by atoms with E-state index in [9.17, 15) is 0 Å². The summed E-state index contributed by atoms with van der Waals surface area (Å²) in [6, 6.07) is 15.9. The third kappa shape index (κ3) is 2.96. The molecule has 0 spiro atoms. The molecule has 22 heavy (non-hydrogen) atoms. The van der Waals surface area contributed by atoms with Crippen molar-refractivity contribution in [2.24, 2.45) is 0 Å². The molecule has 0 aliphatic carbocycles. The highest BCUT2D eigenvalue weighted by Crippen LogP contribution is 2.30. The van der Waals surface area contributed by atoms with Gasteiger partial charge in [-0.25, -0.2) is 0 Å². The average Bonchev–Trinajstić information content (AvgIpc) is 2.94. The highest BCUT2D eigenvalue weighted by atomic mass is 16.5. The molecule has 0 aliphatic rings. The Bertz CT molecular complexity index is 756. The molecule has 2 aromatic carbocycles. The van der Waals surface area contributed by atoms with E-state index >= 15 is 0 Å². The summed E-state index contributed by atoms with van der Waals surface area (Å²) in [5.41, 5.74) is 10.6. The summed E-state index contributed by atoms with van der Waals surface area (Å²) < 4.78 is 10.9. The first-order chi connectivity index (χ1) is 10.6. The Morgan fingerprint density at radius 3 is 2.32 bits per heavy atom. The SMILES string of the molecule is Cc1cc(-c2cc(N)on2)cc(C)c1OCc1ccccc1. The number of benzene rings is 2. The van der Waals surface area contributed by atoms with Crippen LogP contribution in [0.4, 0.5) is 5.88 Å². The molecule has 4 nitrogen and oxygen atoms in total. The van der Waals surface area contributed by atoms with Crippen LogP contribution in [0.25, 0.3) is 11.3 Å². The second-order valence-electron chi connectivity index (χ2n) is 5.33. The smallest absolute Gasteiger partial charge is 0.222 e. The van der Waals surface area contributed by atoms with Gasteiger partial charge in [-0.1, -0.05) is 35.5 Å². The molecular formula is C18H18N2O2. The molecule has 2 N–H and O–H groups in total. The highest BCUT2D eigenvalue weighted by molar-refractivity contribution is 5.65. The largest absolute Gasteiger partial charge is 0.488 e. The van der Waals surface area contributed by atoms with E-state index in [-0.39, 0.29) is 0 Å². The number of nitrogen functional groups attached to an aromatic ring is 1. The molecule has 0 saturated heterocycles. The van der Waals surface area contributed by atoms with Crippen molar-refractivity contribution in [2.75, 3.05) is 5.73 Å². The van der Waals surface area contributed by atoms with Crippen molar-refractivity contribution < 1.29 is 9.26 Å². The number of hydrogen-bond acceptors (Lipinski definition) is 4. The molecule has 0 unspecified atom stereocenters. The first-order valence-corrected chi connectivity index (χ1v) is 7.14. The van der Waals surface area contributed by atoms with E-state index in [0.29, 0.717) is 12.5 Å². The lowest BCUT2D eigenvalue weighted by molar-refractivity contribution is 0.302. The number of ether oxygens (including phenoxy) is 1. The summed E-state index contributed by atoms with van der Waals surface area (Å²) >= 11 is 0. The van der Waals surface area contributed by atoms with Gasteiger partial charge in [0.05, 0.1) is 0 Å². The standard InChI is InChI=1S/C18H18N2O2/c1-12-8-15(16-10-17(19)22-20-16)9-13(2)18(12)21-11-14-6-4-3-5-7-14/h3-10H,11,19H2,1-2H3. The first kappa shape index (κ1) is 14.2. The summed E-state index contributed by atoms with van der Waals surface area (Å²) in [4.78, 5) is 0. The van der Waals surface area contributed by atoms with Gasteiger partial charge in [-0.3, -0.25) is 0 Å². The van der Waals surface area contributed by atoms with Crippen LogP contribution >= 0.6 is 0 Å². The van der Waals surface area contributed by atoms with Gasteiger partial charge in [0, 0.05) is 11.6 Å². The fraction of sp³-hybridized carbons (Fsp3) is 0.167. The summed E-state index contributed by atoms with van der Waals surface area (Å²) in [6.45, 7) is 4.61. The lowest BCUT2D eigenvalue weighted by Gasteiger charge is -2.13. The molecule has 3 aromatic rings. The van der Waals surface area contributed by atoms with Crippen molar-refractivity contribution in [3.63, 3.8) is 0 Å². The van der Waals surface area contributed by atoms with E-state index < -0.39 is 0 Å². The maximum atomic E-state index is 5.98. The first-order valence-electron chi connectivity index (χ1n) is 7.14. The maximum Gasteiger partial charge on any atom is 0.222 e. The van der Waals surface area contributed by atoms with Crippen molar-refractivity contribution in [2.45, 2.75) is 20.5 Å². The zero-order valence-corrected chi connectivity index (χ0v) is 12.7. The fourth-order valence-electron chi connectivity index (χ4n) is 2.48. The molecule has 0 amide bonds. The summed E-state index contributed by atoms with van der Waals surface area (Å²) in [5, 5.41) is 3.95. The summed E-state index contributed by atoms with van der Waals surface area (Å²) in [6.07, 6.45) is 0. The van der Waals surface area contributed by atoms with Gasteiger partial charge >= 0.3 is 0 Å². The van der Waals surface area contributed by atoms with Crippen LogP contribution in [0.15, 0.2) is 53.1 Å². The second-order valence-corrected chi connectivity index (χ2v) is 5.33. The van der Waals surface area contributed by atoms with Crippen LogP contribution in [0.1, 0.15) is 16.7 Å². The molecule has 0 fully saturated rings. The van der Waals surface area contributed by atoms with Crippen molar-refractivity contribution >= 4 is 5.88 Å². The van der Waals surface area contributed by atoms with Crippen LogP contribution in [-0.4, -0.2) is 5.16 Å². The zero-order valence-electron chi connectivity index (χ0n) is 12.7. The minimum atomic E-state index is 0.315. The number of rotatable bonds is 4. The van der Waals surface area contributed by atoms with E-state index in [4.69, 9.17) is 15.0 Å². The zero-order chi connectivity index (χ0) is 15.5. The van der Waals surface area contributed by atoms with E-state index in [1.807, 2.05) is 44.2 Å². The molecule has 0 bridgehead atoms. The second kappa shape index (κ2) is 5.93. The Kier molecular flexibility index (Phi) is 3.83. The van der Waals surface area contributed by atoms with Crippen molar-refractivity contribution in [3.8, 4) is 17.0 Å². The average molecular weight is 294 g/mol. The number of nitrogens with zero attached hydrogens (tertiary/aromatic N) is 1. The Morgan fingerprint density at radius 2 is 1.73 bits per heavy atom. The maximum absolute atomic E-state index is 5.98. The Hall–Kier alpha value is -2.75. The van der Waals surface area contributed by atoms with Gasteiger partial charge < -0.3 is 15.0 Å². The number of aromatic nitrogens is 1. The van der Waals surface area contributed by atoms with Gasteiger partial charge in [-0.05, 0) is 42.7 Å². The van der Waals surface area contributed by atoms with Gasteiger partial charge in [-0.2, -0.15) is 0 Å². The quantitative estimate of drug-likeness (QED) is 0.786. The lowest BCUT2D eigenvalue weighted by atomic mass is 10.0. The Balaban J connectivity index is 1.84. The molecule has 0 saturated carbocycles. The number of nitrogens with two attached hydrogens (primary N) is 1. The summed E-state index contributed by atoms with van der Waals surface area (Å²) in [5.74, 6) is 1.22. The third-order valence-electron chi connectivity index (χ3n) is 3.51. The lowest BCUT2D eigenvalue weighted by Crippen LogP contribution is -1.99. The molecule has 0 aliphatic heterocycles. The van der Waals surface area contributed by atoms with Crippen molar-refractivity contribution in [1.29, 1.82) is 0 Å². The molecule has 112 valence electrons. The fourth-order valence-corrected chi connectivity index (χ4v) is 2.48. The predicted molar refractivity (Wildman–Crippen MR) is 86.6 cm³/mol. The van der Waals surface area contributed by atoms with E-state index in [2.05, 4.69) is 17.3 Å². The van der Waals surface area contributed by atoms with E-state index in [1.165, 1.54) is 0 Å². The summed E-state index contributed by atoms with van der Waals surface area (Å²) in [7, 11) is 0. The van der Waals surface area contributed by atoms with Crippen LogP contribution in [0.3, 0.4) is 0 Å². The molecule has 0 radical (unpaired) electrons. The number of hydrogen-bond donors (Lipinski definition) is 1. The van der Waals surface area contributed by atoms with Crippen LogP contribution in [0, 0.1) is 13.8 Å². The van der Waals surface area contributed by atoms with Gasteiger partial charge in [-0.15, -0.1) is 0 Å². The molecule has 0 atom stereocenters. The van der Waals surface area contributed by atoms with E-state index in [0.717, 1.165) is 33.7 Å². The van der Waals surface area contributed by atoms with Crippen LogP contribution < -0.4 is 10.5 Å². The Labute approximate surface area is 129 Å². The minimum absolute atomic E-state index is 0.315. The third-order valence-corrected chi connectivity index (χ3v) is 3.51. The number of anilines is 1. The number of aryl methyl sites for hydroxylation is 2. The van der Waals surface area contributed by atoms with Gasteiger partial charge in [0.2, 0.25) is 5.88 Å². The topological polar surface area (TPSA) is 61.3 Å². The molecule has 1 aromatic heterocycles. The van der Waals surface area contributed by atoms with Gasteiger partial charge in [0.1, 0.15) is 18.1 Å².